The summed E-state index contributed by atoms with van der Waals surface area (Å²) >= 11 is 0. The Morgan fingerprint density at radius 1 is 1.64 bits per heavy atom. The molecule has 0 aromatic heterocycles. The highest BCUT2D eigenvalue weighted by Gasteiger charge is 2.04. The van der Waals surface area contributed by atoms with Gasteiger partial charge in [0.2, 0.25) is 0 Å². The fraction of sp³-hybridized carbons (Fsp3) is 0.182. The number of hydrogen-bond acceptors (Lipinski definition) is 3. The maximum atomic E-state index is 11.1. The average molecular weight is 189 g/mol. The topological polar surface area (TPSA) is 38.3 Å². The summed E-state index contributed by atoms with van der Waals surface area (Å²) in [6.07, 6.45) is 5.10. The molecule has 0 saturated heterocycles. The minimum Gasteiger partial charge on any atom is -0.465 e. The Bertz CT molecular complexity index is 366. The molecule has 1 N–H and O–H groups in total. The summed E-state index contributed by atoms with van der Waals surface area (Å²) in [7, 11) is 1.35. The lowest BCUT2D eigenvalue weighted by atomic mass is 10.2. The lowest BCUT2D eigenvalue weighted by molar-refractivity contribution is 0.0601. The second kappa shape index (κ2) is 4.93. The Balaban J connectivity index is 2.79. The molecule has 0 saturated carbocycles. The van der Waals surface area contributed by atoms with Crippen molar-refractivity contribution in [1.82, 2.24) is 0 Å². The van der Waals surface area contributed by atoms with Crippen LogP contribution in [-0.4, -0.2) is 19.6 Å². The highest BCUT2D eigenvalue weighted by Crippen LogP contribution is 2.10. The fourth-order valence-electron chi connectivity index (χ4n) is 1.03. The molecule has 0 heterocycles. The van der Waals surface area contributed by atoms with Crippen LogP contribution >= 0.6 is 0 Å². The predicted molar refractivity (Wildman–Crippen MR) is 55.1 cm³/mol. The third-order valence-electron chi connectivity index (χ3n) is 1.68. The monoisotopic (exact) mass is 189 g/mol. The largest absolute Gasteiger partial charge is 0.465 e. The van der Waals surface area contributed by atoms with E-state index in [0.29, 0.717) is 12.1 Å². The highest BCUT2D eigenvalue weighted by molar-refractivity contribution is 5.90. The summed E-state index contributed by atoms with van der Waals surface area (Å²) in [5.41, 5.74) is 1.32. The minimum absolute atomic E-state index is 0.352. The van der Waals surface area contributed by atoms with E-state index in [9.17, 15) is 4.79 Å². The number of carbonyl (C=O) groups is 1. The van der Waals surface area contributed by atoms with Crippen molar-refractivity contribution >= 4 is 11.7 Å². The summed E-state index contributed by atoms with van der Waals surface area (Å²) < 4.78 is 4.59. The Morgan fingerprint density at radius 2 is 2.43 bits per heavy atom. The molecule has 72 valence electrons. The Morgan fingerprint density at radius 3 is 3.07 bits per heavy atom. The van der Waals surface area contributed by atoms with Gasteiger partial charge in [-0.2, -0.15) is 0 Å². The number of benzene rings is 1. The van der Waals surface area contributed by atoms with Crippen LogP contribution in [0.3, 0.4) is 0 Å². The Hall–Kier alpha value is -1.95. The first-order valence-electron chi connectivity index (χ1n) is 4.13. The van der Waals surface area contributed by atoms with Gasteiger partial charge in [-0.25, -0.2) is 4.79 Å². The van der Waals surface area contributed by atoms with E-state index >= 15 is 0 Å². The van der Waals surface area contributed by atoms with Gasteiger partial charge >= 0.3 is 5.97 Å². The van der Waals surface area contributed by atoms with E-state index in [0.717, 1.165) is 5.69 Å². The molecule has 1 aromatic rings. The van der Waals surface area contributed by atoms with Crippen LogP contribution in [0.4, 0.5) is 5.69 Å². The molecule has 0 fully saturated rings. The molecule has 0 aliphatic rings. The van der Waals surface area contributed by atoms with E-state index in [1.54, 1.807) is 18.2 Å². The lowest BCUT2D eigenvalue weighted by Crippen LogP contribution is -2.03. The molecule has 0 unspecified atom stereocenters. The maximum absolute atomic E-state index is 11.1. The van der Waals surface area contributed by atoms with Gasteiger partial charge < -0.3 is 10.1 Å². The molecule has 0 atom stereocenters. The molecule has 1 rings (SSSR count). The quantitative estimate of drug-likeness (QED) is 0.578. The van der Waals surface area contributed by atoms with Crippen molar-refractivity contribution in [3.05, 3.63) is 29.8 Å². The molecule has 0 radical (unpaired) electrons. The second-order valence-corrected chi connectivity index (χ2v) is 2.63. The van der Waals surface area contributed by atoms with Crippen molar-refractivity contribution in [3.8, 4) is 12.3 Å². The van der Waals surface area contributed by atoms with Gasteiger partial charge in [-0.1, -0.05) is 12.0 Å². The summed E-state index contributed by atoms with van der Waals surface area (Å²) in [5.74, 6) is 2.10. The molecular weight excluding hydrogens is 178 g/mol. The van der Waals surface area contributed by atoms with E-state index in [1.165, 1.54) is 7.11 Å². The average Bonchev–Trinajstić information content (AvgIpc) is 2.25. The summed E-state index contributed by atoms with van der Waals surface area (Å²) in [6.45, 7) is 0.435. The van der Waals surface area contributed by atoms with Crippen molar-refractivity contribution in [3.63, 3.8) is 0 Å². The van der Waals surface area contributed by atoms with E-state index in [2.05, 4.69) is 16.0 Å². The van der Waals surface area contributed by atoms with Crippen LogP contribution in [-0.2, 0) is 4.74 Å². The number of esters is 1. The summed E-state index contributed by atoms with van der Waals surface area (Å²) in [5, 5.41) is 2.97. The first-order chi connectivity index (χ1) is 6.77. The minimum atomic E-state index is -0.352. The molecule has 0 aliphatic carbocycles. The zero-order chi connectivity index (χ0) is 10.4. The maximum Gasteiger partial charge on any atom is 0.337 e. The number of methoxy groups -OCH3 is 1. The van der Waals surface area contributed by atoms with Gasteiger partial charge in [0.25, 0.3) is 0 Å². The SMILES string of the molecule is C#CCNc1cccc(C(=O)OC)c1. The van der Waals surface area contributed by atoms with E-state index < -0.39 is 0 Å². The Labute approximate surface area is 83.1 Å². The number of hydrogen-bond donors (Lipinski definition) is 1. The van der Waals surface area contributed by atoms with Crippen molar-refractivity contribution in [2.45, 2.75) is 0 Å². The van der Waals surface area contributed by atoms with Gasteiger partial charge in [0.05, 0.1) is 19.2 Å². The van der Waals surface area contributed by atoms with Crippen molar-refractivity contribution in [2.24, 2.45) is 0 Å². The third kappa shape index (κ3) is 2.53. The van der Waals surface area contributed by atoms with Gasteiger partial charge in [0.15, 0.2) is 0 Å². The molecule has 0 aliphatic heterocycles. The van der Waals surface area contributed by atoms with Crippen LogP contribution in [0.5, 0.6) is 0 Å². The van der Waals surface area contributed by atoms with Crippen molar-refractivity contribution in [2.75, 3.05) is 19.0 Å². The number of rotatable bonds is 3. The number of nitrogens with one attached hydrogen (secondary N) is 1. The fourth-order valence-corrected chi connectivity index (χ4v) is 1.03. The standard InChI is InChI=1S/C11H11NO2/c1-3-7-12-10-6-4-5-9(8-10)11(13)14-2/h1,4-6,8,12H,7H2,2H3. The molecule has 0 amide bonds. The van der Waals surface area contributed by atoms with Crippen LogP contribution in [0.1, 0.15) is 10.4 Å². The number of carbonyl (C=O) groups excluding carboxylic acids is 1. The van der Waals surface area contributed by atoms with Gasteiger partial charge in [-0.15, -0.1) is 6.42 Å². The van der Waals surface area contributed by atoms with Gasteiger partial charge in [0.1, 0.15) is 0 Å². The van der Waals surface area contributed by atoms with Crippen LogP contribution in [0.15, 0.2) is 24.3 Å². The molecule has 0 spiro atoms. The molecule has 3 nitrogen and oxygen atoms in total. The van der Waals surface area contributed by atoms with Gasteiger partial charge in [-0.05, 0) is 18.2 Å². The first kappa shape index (κ1) is 10.1. The lowest BCUT2D eigenvalue weighted by Gasteiger charge is -2.04. The third-order valence-corrected chi connectivity index (χ3v) is 1.68. The summed E-state index contributed by atoms with van der Waals surface area (Å²) in [4.78, 5) is 11.1. The normalized spacial score (nSPS) is 8.86. The van der Waals surface area contributed by atoms with E-state index in [1.807, 2.05) is 6.07 Å². The molecule has 0 bridgehead atoms. The van der Waals surface area contributed by atoms with Crippen molar-refractivity contribution < 1.29 is 9.53 Å². The zero-order valence-electron chi connectivity index (χ0n) is 7.91. The zero-order valence-corrected chi connectivity index (χ0v) is 7.91. The van der Waals surface area contributed by atoms with Crippen LogP contribution in [0.25, 0.3) is 0 Å². The van der Waals surface area contributed by atoms with Gasteiger partial charge in [-0.3, -0.25) is 0 Å². The van der Waals surface area contributed by atoms with E-state index in [-0.39, 0.29) is 5.97 Å². The molecule has 3 heteroatoms. The van der Waals surface area contributed by atoms with Crippen molar-refractivity contribution in [1.29, 1.82) is 0 Å². The Kier molecular flexibility index (Phi) is 3.57. The summed E-state index contributed by atoms with van der Waals surface area (Å²) in [6, 6.07) is 6.99. The van der Waals surface area contributed by atoms with Gasteiger partial charge in [0, 0.05) is 5.69 Å². The predicted octanol–water partition coefficient (Wildman–Crippen LogP) is 1.52. The first-order valence-corrected chi connectivity index (χ1v) is 4.13. The molecular formula is C11H11NO2. The van der Waals surface area contributed by atoms with E-state index in [4.69, 9.17) is 6.42 Å². The van der Waals surface area contributed by atoms with Crippen LogP contribution < -0.4 is 5.32 Å². The molecule has 1 aromatic carbocycles. The smallest absolute Gasteiger partial charge is 0.337 e. The van der Waals surface area contributed by atoms with Crippen LogP contribution in [0.2, 0.25) is 0 Å². The highest BCUT2D eigenvalue weighted by atomic mass is 16.5. The van der Waals surface area contributed by atoms with Crippen LogP contribution in [0, 0.1) is 12.3 Å². The molecule has 14 heavy (non-hydrogen) atoms. The number of anilines is 1. The second-order valence-electron chi connectivity index (χ2n) is 2.63. The number of ether oxygens (including phenoxy) is 1. The number of terminal acetylenes is 1.